The molecule has 0 saturated carbocycles. The molecular weight excluding hydrogens is 184 g/mol. The van der Waals surface area contributed by atoms with Gasteiger partial charge in [-0.25, -0.2) is 0 Å². The number of nitrogens with one attached hydrogen (secondary N) is 1. The summed E-state index contributed by atoms with van der Waals surface area (Å²) in [4.78, 5) is 23.5. The van der Waals surface area contributed by atoms with Crippen LogP contribution in [0.3, 0.4) is 0 Å². The highest BCUT2D eigenvalue weighted by Gasteiger charge is 2.14. The Morgan fingerprint density at radius 1 is 1.29 bits per heavy atom. The van der Waals surface area contributed by atoms with Gasteiger partial charge in [0, 0.05) is 6.54 Å². The lowest BCUT2D eigenvalue weighted by Gasteiger charge is -2.13. The Kier molecular flexibility index (Phi) is 4.39. The van der Waals surface area contributed by atoms with Crippen LogP contribution in [0.4, 0.5) is 0 Å². The molecular formula is C9H16N2O3. The second-order valence-corrected chi connectivity index (χ2v) is 3.48. The van der Waals surface area contributed by atoms with Gasteiger partial charge in [-0.15, -0.1) is 0 Å². The van der Waals surface area contributed by atoms with E-state index < -0.39 is 5.97 Å². The van der Waals surface area contributed by atoms with Gasteiger partial charge in [0.15, 0.2) is 0 Å². The van der Waals surface area contributed by atoms with E-state index in [9.17, 15) is 9.59 Å². The Balaban J connectivity index is 2.06. The predicted octanol–water partition coefficient (Wildman–Crippen LogP) is -0.327. The Labute approximate surface area is 83.1 Å². The van der Waals surface area contributed by atoms with Gasteiger partial charge in [0.05, 0.1) is 13.0 Å². The monoisotopic (exact) mass is 200 g/mol. The molecule has 0 bridgehead atoms. The van der Waals surface area contributed by atoms with Crippen molar-refractivity contribution in [2.75, 3.05) is 26.2 Å². The summed E-state index contributed by atoms with van der Waals surface area (Å²) in [6.07, 6.45) is 2.30. The summed E-state index contributed by atoms with van der Waals surface area (Å²) in [5.74, 6) is -0.959. The van der Waals surface area contributed by atoms with E-state index in [2.05, 4.69) is 10.2 Å². The Bertz CT molecular complexity index is 212. The van der Waals surface area contributed by atoms with E-state index in [-0.39, 0.29) is 18.9 Å². The number of rotatable bonds is 5. The number of carbonyl (C=O) groups is 2. The molecule has 0 radical (unpaired) electrons. The molecule has 0 aromatic heterocycles. The number of likely N-dealkylation sites (tertiary alicyclic amines) is 1. The average Bonchev–Trinajstić information content (AvgIpc) is 2.56. The summed E-state index contributed by atoms with van der Waals surface area (Å²) in [5.41, 5.74) is 0. The minimum Gasteiger partial charge on any atom is -0.481 e. The van der Waals surface area contributed by atoms with Gasteiger partial charge in [-0.05, 0) is 25.9 Å². The van der Waals surface area contributed by atoms with Gasteiger partial charge < -0.3 is 10.4 Å². The molecule has 5 nitrogen and oxygen atoms in total. The summed E-state index contributed by atoms with van der Waals surface area (Å²) in [7, 11) is 0. The Morgan fingerprint density at radius 3 is 2.50 bits per heavy atom. The summed E-state index contributed by atoms with van der Waals surface area (Å²) in [6, 6.07) is 0. The number of carboxylic acids is 1. The van der Waals surface area contributed by atoms with Crippen molar-refractivity contribution in [3.8, 4) is 0 Å². The maximum Gasteiger partial charge on any atom is 0.305 e. The van der Waals surface area contributed by atoms with E-state index in [1.165, 1.54) is 0 Å². The molecule has 1 aliphatic rings. The van der Waals surface area contributed by atoms with Gasteiger partial charge in [0.25, 0.3) is 0 Å². The first-order valence-corrected chi connectivity index (χ1v) is 4.89. The fraction of sp³-hybridized carbons (Fsp3) is 0.778. The highest BCUT2D eigenvalue weighted by molar-refractivity contribution is 5.78. The van der Waals surface area contributed by atoms with Crippen molar-refractivity contribution >= 4 is 11.9 Å². The molecule has 1 amide bonds. The molecule has 0 aliphatic carbocycles. The van der Waals surface area contributed by atoms with Crippen molar-refractivity contribution in [3.63, 3.8) is 0 Å². The molecule has 5 heteroatoms. The molecule has 2 N–H and O–H groups in total. The first-order valence-electron chi connectivity index (χ1n) is 4.89. The van der Waals surface area contributed by atoms with E-state index in [1.807, 2.05) is 0 Å². The van der Waals surface area contributed by atoms with E-state index in [0.29, 0.717) is 6.54 Å². The van der Waals surface area contributed by atoms with E-state index in [0.717, 1.165) is 25.9 Å². The third-order valence-electron chi connectivity index (χ3n) is 2.23. The minimum absolute atomic E-state index is 0.00819. The molecule has 0 aromatic rings. The zero-order valence-electron chi connectivity index (χ0n) is 8.16. The second-order valence-electron chi connectivity index (χ2n) is 3.48. The van der Waals surface area contributed by atoms with E-state index in [4.69, 9.17) is 5.11 Å². The summed E-state index contributed by atoms with van der Waals surface area (Å²) < 4.78 is 0. The first-order chi connectivity index (χ1) is 6.68. The van der Waals surface area contributed by atoms with Crippen LogP contribution in [0.5, 0.6) is 0 Å². The van der Waals surface area contributed by atoms with Gasteiger partial charge in [0.1, 0.15) is 0 Å². The standard InChI is InChI=1S/C9H16N2O3/c12-8(10-4-3-9(13)14)7-11-5-1-2-6-11/h1-7H2,(H,10,12)(H,13,14). The molecule has 80 valence electrons. The quantitative estimate of drug-likeness (QED) is 0.637. The third kappa shape index (κ3) is 4.23. The first kappa shape index (κ1) is 11.0. The van der Waals surface area contributed by atoms with Crippen molar-refractivity contribution in [1.29, 1.82) is 0 Å². The molecule has 0 unspecified atom stereocenters. The van der Waals surface area contributed by atoms with Crippen molar-refractivity contribution < 1.29 is 14.7 Å². The average molecular weight is 200 g/mol. The minimum atomic E-state index is -0.883. The van der Waals surface area contributed by atoms with Crippen molar-refractivity contribution in [2.45, 2.75) is 19.3 Å². The normalized spacial score (nSPS) is 16.9. The van der Waals surface area contributed by atoms with Crippen LogP contribution in [0.2, 0.25) is 0 Å². The predicted molar refractivity (Wildman–Crippen MR) is 50.9 cm³/mol. The number of carboxylic acid groups (broad SMARTS) is 1. The number of hydrogen-bond acceptors (Lipinski definition) is 3. The highest BCUT2D eigenvalue weighted by atomic mass is 16.4. The maximum absolute atomic E-state index is 11.2. The zero-order chi connectivity index (χ0) is 10.4. The molecule has 1 fully saturated rings. The van der Waals surface area contributed by atoms with Crippen LogP contribution in [0.25, 0.3) is 0 Å². The van der Waals surface area contributed by atoms with Crippen molar-refractivity contribution in [2.24, 2.45) is 0 Å². The summed E-state index contributed by atoms with van der Waals surface area (Å²) in [6.45, 7) is 2.58. The SMILES string of the molecule is O=C(O)CCNC(=O)CN1CCCC1. The van der Waals surface area contributed by atoms with Gasteiger partial charge >= 0.3 is 5.97 Å². The van der Waals surface area contributed by atoms with E-state index >= 15 is 0 Å². The van der Waals surface area contributed by atoms with Crippen LogP contribution in [0.1, 0.15) is 19.3 Å². The molecule has 0 spiro atoms. The largest absolute Gasteiger partial charge is 0.481 e. The number of aliphatic carboxylic acids is 1. The molecule has 1 rings (SSSR count). The topological polar surface area (TPSA) is 69.6 Å². The lowest BCUT2D eigenvalue weighted by molar-refractivity contribution is -0.136. The van der Waals surface area contributed by atoms with Crippen LogP contribution >= 0.6 is 0 Å². The van der Waals surface area contributed by atoms with Gasteiger partial charge in [0.2, 0.25) is 5.91 Å². The Hall–Kier alpha value is -1.10. The number of hydrogen-bond donors (Lipinski definition) is 2. The molecule has 1 heterocycles. The fourth-order valence-electron chi connectivity index (χ4n) is 1.51. The van der Waals surface area contributed by atoms with Gasteiger partial charge in [-0.2, -0.15) is 0 Å². The number of amides is 1. The molecule has 0 atom stereocenters. The molecule has 1 aliphatic heterocycles. The number of carbonyl (C=O) groups excluding carboxylic acids is 1. The fourth-order valence-corrected chi connectivity index (χ4v) is 1.51. The van der Waals surface area contributed by atoms with Crippen molar-refractivity contribution in [1.82, 2.24) is 10.2 Å². The lowest BCUT2D eigenvalue weighted by atomic mass is 10.4. The zero-order valence-corrected chi connectivity index (χ0v) is 8.16. The Morgan fingerprint density at radius 2 is 1.93 bits per heavy atom. The van der Waals surface area contributed by atoms with Crippen LogP contribution in [-0.4, -0.2) is 48.1 Å². The van der Waals surface area contributed by atoms with E-state index in [1.54, 1.807) is 0 Å². The van der Waals surface area contributed by atoms with Crippen LogP contribution < -0.4 is 5.32 Å². The van der Waals surface area contributed by atoms with Crippen LogP contribution in [0.15, 0.2) is 0 Å². The number of nitrogens with zero attached hydrogens (tertiary/aromatic N) is 1. The van der Waals surface area contributed by atoms with Gasteiger partial charge in [-0.3, -0.25) is 14.5 Å². The molecule has 14 heavy (non-hydrogen) atoms. The molecule has 1 saturated heterocycles. The summed E-state index contributed by atoms with van der Waals surface area (Å²) >= 11 is 0. The highest BCUT2D eigenvalue weighted by Crippen LogP contribution is 2.05. The third-order valence-corrected chi connectivity index (χ3v) is 2.23. The van der Waals surface area contributed by atoms with Crippen LogP contribution in [0, 0.1) is 0 Å². The van der Waals surface area contributed by atoms with Crippen LogP contribution in [-0.2, 0) is 9.59 Å². The summed E-state index contributed by atoms with van der Waals surface area (Å²) in [5, 5.41) is 10.9. The second kappa shape index (κ2) is 5.59. The maximum atomic E-state index is 11.2. The lowest BCUT2D eigenvalue weighted by Crippen LogP contribution is -2.36. The molecule has 0 aromatic carbocycles. The van der Waals surface area contributed by atoms with Crippen molar-refractivity contribution in [3.05, 3.63) is 0 Å². The van der Waals surface area contributed by atoms with Gasteiger partial charge in [-0.1, -0.05) is 0 Å². The smallest absolute Gasteiger partial charge is 0.305 e.